The third-order valence-corrected chi connectivity index (χ3v) is 12.3. The Hall–Kier alpha value is -6.64. The largest absolute Gasteiger partial charge is 0.309 e. The summed E-state index contributed by atoms with van der Waals surface area (Å²) in [5.41, 5.74) is 15.4. The number of benzene rings is 9. The highest BCUT2D eigenvalue weighted by atomic mass is 15.0. The highest BCUT2D eigenvalue weighted by molar-refractivity contribution is 6.95. The van der Waals surface area contributed by atoms with Crippen molar-refractivity contribution in [3.63, 3.8) is 0 Å². The Morgan fingerprint density at radius 2 is 0.982 bits per heavy atom. The predicted molar refractivity (Wildman–Crippen MR) is 236 cm³/mol. The standard InChI is InChI=1S/C53H38BN/c1-53(2)49-18-10-8-16-45(49)46-28-27-43(34-50(46)53)54(42-26-22-38-30-36-12-6-7-13-37(36)31-40(38)32-42)41-24-20-35(21-25-41)39-23-29-52-48(33-39)47-17-9-11-19-51(47)55(52)44-14-4-3-5-15-44/h3-34H,1-2H3. The summed E-state index contributed by atoms with van der Waals surface area (Å²) in [6.45, 7) is 4.82. The Bertz CT molecular complexity index is 3110. The second-order valence-electron chi connectivity index (χ2n) is 15.8. The first-order valence-corrected chi connectivity index (χ1v) is 19.4. The van der Waals surface area contributed by atoms with Crippen LogP contribution in [0, 0.1) is 0 Å². The van der Waals surface area contributed by atoms with Gasteiger partial charge in [0.15, 0.2) is 0 Å². The molecule has 1 aromatic heterocycles. The molecule has 10 aromatic rings. The molecule has 1 aliphatic rings. The van der Waals surface area contributed by atoms with Crippen molar-refractivity contribution < 1.29 is 0 Å². The average Bonchev–Trinajstić information content (AvgIpc) is 3.68. The molecule has 0 saturated heterocycles. The van der Waals surface area contributed by atoms with E-state index < -0.39 is 0 Å². The molecule has 0 spiro atoms. The Kier molecular flexibility index (Phi) is 7.06. The van der Waals surface area contributed by atoms with Crippen molar-refractivity contribution in [3.8, 4) is 27.9 Å². The van der Waals surface area contributed by atoms with Crippen LogP contribution in [0.2, 0.25) is 0 Å². The lowest BCUT2D eigenvalue weighted by Crippen LogP contribution is -2.52. The molecule has 0 unspecified atom stereocenters. The maximum absolute atomic E-state index is 2.49. The van der Waals surface area contributed by atoms with Gasteiger partial charge in [0, 0.05) is 21.9 Å². The molecule has 0 bridgehead atoms. The average molecular weight is 700 g/mol. The quantitative estimate of drug-likeness (QED) is 0.124. The zero-order chi connectivity index (χ0) is 36.7. The monoisotopic (exact) mass is 699 g/mol. The van der Waals surface area contributed by atoms with E-state index in [9.17, 15) is 0 Å². The molecule has 9 aromatic carbocycles. The van der Waals surface area contributed by atoms with Gasteiger partial charge in [-0.05, 0) is 97.4 Å². The van der Waals surface area contributed by atoms with E-state index in [1.165, 1.54) is 98.8 Å². The maximum atomic E-state index is 2.49. The lowest BCUT2D eigenvalue weighted by atomic mass is 9.36. The molecule has 0 amide bonds. The van der Waals surface area contributed by atoms with Crippen molar-refractivity contribution in [1.29, 1.82) is 0 Å². The minimum atomic E-state index is -0.0685. The Labute approximate surface area is 322 Å². The van der Waals surface area contributed by atoms with E-state index in [2.05, 4.69) is 213 Å². The number of hydrogen-bond acceptors (Lipinski definition) is 0. The number of nitrogens with zero attached hydrogens (tertiary/aromatic N) is 1. The summed E-state index contributed by atoms with van der Waals surface area (Å²) in [4.78, 5) is 0. The van der Waals surface area contributed by atoms with Crippen LogP contribution in [0.1, 0.15) is 25.0 Å². The Morgan fingerprint density at radius 1 is 0.382 bits per heavy atom. The number of para-hydroxylation sites is 2. The molecule has 55 heavy (non-hydrogen) atoms. The molecule has 2 heteroatoms. The van der Waals surface area contributed by atoms with Gasteiger partial charge in [0.2, 0.25) is 6.71 Å². The van der Waals surface area contributed by atoms with Gasteiger partial charge in [-0.25, -0.2) is 0 Å². The van der Waals surface area contributed by atoms with Crippen LogP contribution in [-0.2, 0) is 5.41 Å². The minimum Gasteiger partial charge on any atom is -0.309 e. The summed E-state index contributed by atoms with van der Waals surface area (Å²) in [6.07, 6.45) is 0. The molecule has 258 valence electrons. The lowest BCUT2D eigenvalue weighted by molar-refractivity contribution is 0.661. The van der Waals surface area contributed by atoms with E-state index in [4.69, 9.17) is 0 Å². The molecule has 1 heterocycles. The molecule has 1 aliphatic carbocycles. The molecule has 0 atom stereocenters. The van der Waals surface area contributed by atoms with E-state index in [0.29, 0.717) is 0 Å². The van der Waals surface area contributed by atoms with Crippen molar-refractivity contribution in [3.05, 3.63) is 205 Å². The zero-order valence-electron chi connectivity index (χ0n) is 31.0. The molecule has 1 nitrogen and oxygen atoms in total. The smallest absolute Gasteiger partial charge is 0.241 e. The van der Waals surface area contributed by atoms with Gasteiger partial charge in [-0.2, -0.15) is 0 Å². The maximum Gasteiger partial charge on any atom is 0.241 e. The number of hydrogen-bond donors (Lipinski definition) is 0. The van der Waals surface area contributed by atoms with E-state index in [0.717, 1.165) is 0 Å². The zero-order valence-corrected chi connectivity index (χ0v) is 31.0. The summed E-state index contributed by atoms with van der Waals surface area (Å²) in [6, 6.07) is 72.3. The normalized spacial score (nSPS) is 13.1. The van der Waals surface area contributed by atoms with Crippen molar-refractivity contribution in [1.82, 2.24) is 4.57 Å². The fourth-order valence-corrected chi connectivity index (χ4v) is 9.49. The van der Waals surface area contributed by atoms with Gasteiger partial charge < -0.3 is 4.57 Å². The highest BCUT2D eigenvalue weighted by Crippen LogP contribution is 2.48. The summed E-state index contributed by atoms with van der Waals surface area (Å²) >= 11 is 0. The van der Waals surface area contributed by atoms with Gasteiger partial charge >= 0.3 is 0 Å². The van der Waals surface area contributed by atoms with Crippen LogP contribution >= 0.6 is 0 Å². The van der Waals surface area contributed by atoms with Crippen LogP contribution in [0.25, 0.3) is 71.3 Å². The summed E-state index contributed by atoms with van der Waals surface area (Å²) < 4.78 is 2.38. The molecular weight excluding hydrogens is 661 g/mol. The number of fused-ring (bicyclic) bond motifs is 8. The number of aromatic nitrogens is 1. The summed E-state index contributed by atoms with van der Waals surface area (Å²) in [7, 11) is 0. The van der Waals surface area contributed by atoms with Crippen LogP contribution in [0.3, 0.4) is 0 Å². The Morgan fingerprint density at radius 3 is 1.82 bits per heavy atom. The molecule has 11 rings (SSSR count). The van der Waals surface area contributed by atoms with Gasteiger partial charge in [0.05, 0.1) is 11.0 Å². The first-order valence-electron chi connectivity index (χ1n) is 19.4. The fourth-order valence-electron chi connectivity index (χ4n) is 9.49. The lowest BCUT2D eigenvalue weighted by Gasteiger charge is -2.23. The topological polar surface area (TPSA) is 4.93 Å². The van der Waals surface area contributed by atoms with Crippen molar-refractivity contribution >= 4 is 66.5 Å². The van der Waals surface area contributed by atoms with E-state index in [-0.39, 0.29) is 12.1 Å². The van der Waals surface area contributed by atoms with Crippen LogP contribution < -0.4 is 16.4 Å². The first kappa shape index (κ1) is 31.9. The minimum absolute atomic E-state index is 0.0685. The van der Waals surface area contributed by atoms with Gasteiger partial charge in [-0.3, -0.25) is 0 Å². The van der Waals surface area contributed by atoms with Gasteiger partial charge in [-0.15, -0.1) is 0 Å². The van der Waals surface area contributed by atoms with Crippen LogP contribution in [0.5, 0.6) is 0 Å². The first-order chi connectivity index (χ1) is 27.0. The van der Waals surface area contributed by atoms with Gasteiger partial charge in [-0.1, -0.05) is 182 Å². The third kappa shape index (κ3) is 5.02. The van der Waals surface area contributed by atoms with Crippen molar-refractivity contribution in [2.45, 2.75) is 19.3 Å². The summed E-state index contributed by atoms with van der Waals surface area (Å²) in [5.74, 6) is 0. The van der Waals surface area contributed by atoms with Crippen molar-refractivity contribution in [2.75, 3.05) is 0 Å². The van der Waals surface area contributed by atoms with Crippen LogP contribution in [-0.4, -0.2) is 11.3 Å². The fraction of sp³-hybridized carbons (Fsp3) is 0.0566. The summed E-state index contributed by atoms with van der Waals surface area (Å²) in [5, 5.41) is 7.63. The Balaban J connectivity index is 1.04. The highest BCUT2D eigenvalue weighted by Gasteiger charge is 2.36. The SMILES string of the molecule is CC1(C)c2ccccc2-c2ccc(B(c3ccc(-c4ccc5c(c4)c4ccccc4n5-c4ccccc4)cc3)c3ccc4cc5ccccc5cc4c3)cc21. The van der Waals surface area contributed by atoms with E-state index in [1.807, 2.05) is 0 Å². The molecule has 0 fully saturated rings. The molecular formula is C53H38BN. The van der Waals surface area contributed by atoms with Crippen molar-refractivity contribution in [2.24, 2.45) is 0 Å². The molecule has 0 aliphatic heterocycles. The third-order valence-electron chi connectivity index (χ3n) is 12.3. The van der Waals surface area contributed by atoms with Crippen LogP contribution in [0.15, 0.2) is 194 Å². The molecule has 0 radical (unpaired) electrons. The molecule has 0 saturated carbocycles. The number of rotatable bonds is 5. The van der Waals surface area contributed by atoms with E-state index >= 15 is 0 Å². The van der Waals surface area contributed by atoms with Gasteiger partial charge in [0.25, 0.3) is 0 Å². The second kappa shape index (κ2) is 12.2. The van der Waals surface area contributed by atoms with Gasteiger partial charge in [0.1, 0.15) is 0 Å². The van der Waals surface area contributed by atoms with E-state index in [1.54, 1.807) is 0 Å². The predicted octanol–water partition coefficient (Wildman–Crippen LogP) is 11.6. The second-order valence-corrected chi connectivity index (χ2v) is 15.8. The molecule has 0 N–H and O–H groups in total. The van der Waals surface area contributed by atoms with Crippen LogP contribution in [0.4, 0.5) is 0 Å².